The van der Waals surface area contributed by atoms with Crippen molar-refractivity contribution in [2.24, 2.45) is 5.92 Å². The van der Waals surface area contributed by atoms with Crippen molar-refractivity contribution in [3.05, 3.63) is 29.3 Å². The quantitative estimate of drug-likeness (QED) is 0.806. The van der Waals surface area contributed by atoms with Crippen molar-refractivity contribution in [3.8, 4) is 5.75 Å². The molecule has 0 spiro atoms. The molecule has 1 fully saturated rings. The molecule has 0 atom stereocenters. The van der Waals surface area contributed by atoms with E-state index in [1.54, 1.807) is 0 Å². The van der Waals surface area contributed by atoms with Gasteiger partial charge in [0.05, 0.1) is 6.10 Å². The van der Waals surface area contributed by atoms with Crippen LogP contribution in [0.2, 0.25) is 5.02 Å². The molecule has 1 saturated carbocycles. The van der Waals surface area contributed by atoms with Crippen LogP contribution in [0.1, 0.15) is 25.7 Å². The zero-order chi connectivity index (χ0) is 11.4. The van der Waals surface area contributed by atoms with E-state index in [2.05, 4.69) is 6.29 Å². The number of ether oxygens (including phenoxy) is 1. The lowest BCUT2D eigenvalue weighted by molar-refractivity contribution is 0.144. The van der Waals surface area contributed by atoms with Crippen molar-refractivity contribution < 1.29 is 9.53 Å². The minimum atomic E-state index is 0.116. The second kappa shape index (κ2) is 5.35. The molecule has 0 amide bonds. The molecule has 3 heteroatoms. The zero-order valence-corrected chi connectivity index (χ0v) is 9.74. The van der Waals surface area contributed by atoms with Crippen LogP contribution >= 0.6 is 11.6 Å². The second-order valence-electron chi connectivity index (χ2n) is 4.16. The molecule has 2 nitrogen and oxygen atoms in total. The molecule has 0 N–H and O–H groups in total. The molecule has 0 unspecified atom stereocenters. The minimum Gasteiger partial charge on any atom is -0.490 e. The Morgan fingerprint density at radius 3 is 2.31 bits per heavy atom. The van der Waals surface area contributed by atoms with Gasteiger partial charge in [0.2, 0.25) is 6.29 Å². The standard InChI is InChI=1S/C13H14ClO2/c14-11-3-7-13(8-4-11)16-12-5-1-10(9-15)2-6-12/h3-4,7-8,10,12H,1-2,5-6H2. The van der Waals surface area contributed by atoms with Crippen molar-refractivity contribution in [1.29, 1.82) is 0 Å². The second-order valence-corrected chi connectivity index (χ2v) is 4.60. The molecule has 1 aromatic rings. The van der Waals surface area contributed by atoms with Gasteiger partial charge in [0.15, 0.2) is 0 Å². The van der Waals surface area contributed by atoms with Gasteiger partial charge in [-0.3, -0.25) is 4.79 Å². The number of hydrogen-bond donors (Lipinski definition) is 0. The van der Waals surface area contributed by atoms with E-state index in [1.807, 2.05) is 24.3 Å². The van der Waals surface area contributed by atoms with Crippen molar-refractivity contribution in [2.45, 2.75) is 31.8 Å². The fourth-order valence-electron chi connectivity index (χ4n) is 2.00. The number of hydrogen-bond acceptors (Lipinski definition) is 2. The third-order valence-electron chi connectivity index (χ3n) is 2.96. The maximum absolute atomic E-state index is 10.5. The Labute approximate surface area is 101 Å². The fourth-order valence-corrected chi connectivity index (χ4v) is 2.13. The summed E-state index contributed by atoms with van der Waals surface area (Å²) in [5.74, 6) is 0.966. The Hall–Kier alpha value is -1.02. The van der Waals surface area contributed by atoms with E-state index < -0.39 is 0 Å². The smallest absolute Gasteiger partial charge is 0.201 e. The number of carbonyl (C=O) groups excluding carboxylic acids is 1. The Morgan fingerprint density at radius 2 is 1.75 bits per heavy atom. The predicted octanol–water partition coefficient (Wildman–Crippen LogP) is 3.39. The summed E-state index contributed by atoms with van der Waals surface area (Å²) in [5.41, 5.74) is 0. The van der Waals surface area contributed by atoms with Crippen LogP contribution in [0.5, 0.6) is 5.75 Å². The molecule has 16 heavy (non-hydrogen) atoms. The highest BCUT2D eigenvalue weighted by molar-refractivity contribution is 6.30. The Morgan fingerprint density at radius 1 is 1.12 bits per heavy atom. The Bertz CT molecular complexity index is 339. The maximum atomic E-state index is 10.5. The topological polar surface area (TPSA) is 26.3 Å². The average molecular weight is 238 g/mol. The summed E-state index contributed by atoms with van der Waals surface area (Å²) in [5, 5.41) is 0.714. The summed E-state index contributed by atoms with van der Waals surface area (Å²) in [6.45, 7) is 0. The first-order valence-electron chi connectivity index (χ1n) is 5.58. The molecule has 1 radical (unpaired) electrons. The normalized spacial score (nSPS) is 25.1. The molecule has 0 heterocycles. The molecule has 0 aromatic heterocycles. The SMILES string of the molecule is O=[C]C1CCC(Oc2ccc(Cl)cc2)CC1. The van der Waals surface area contributed by atoms with Gasteiger partial charge >= 0.3 is 0 Å². The molecule has 0 saturated heterocycles. The van der Waals surface area contributed by atoms with Gasteiger partial charge in [-0.2, -0.15) is 0 Å². The Balaban J connectivity index is 1.86. The molecular formula is C13H14ClO2. The minimum absolute atomic E-state index is 0.116. The number of benzene rings is 1. The third-order valence-corrected chi connectivity index (χ3v) is 3.21. The summed E-state index contributed by atoms with van der Waals surface area (Å²) >= 11 is 5.79. The maximum Gasteiger partial charge on any atom is 0.201 e. The van der Waals surface area contributed by atoms with Crippen molar-refractivity contribution in [2.75, 3.05) is 0 Å². The molecule has 0 bridgehead atoms. The molecule has 1 aromatic carbocycles. The van der Waals surface area contributed by atoms with Gasteiger partial charge in [0.25, 0.3) is 0 Å². The summed E-state index contributed by atoms with van der Waals surface area (Å²) < 4.78 is 5.81. The van der Waals surface area contributed by atoms with Crippen LogP contribution in [0.15, 0.2) is 24.3 Å². The van der Waals surface area contributed by atoms with Crippen LogP contribution in [0.25, 0.3) is 0 Å². The summed E-state index contributed by atoms with van der Waals surface area (Å²) in [4.78, 5) is 10.5. The molecule has 1 aliphatic carbocycles. The van der Waals surface area contributed by atoms with Gasteiger partial charge < -0.3 is 4.74 Å². The molecule has 2 rings (SSSR count). The van der Waals surface area contributed by atoms with Crippen LogP contribution < -0.4 is 4.74 Å². The fraction of sp³-hybridized carbons (Fsp3) is 0.462. The first kappa shape index (κ1) is 11.5. The van der Waals surface area contributed by atoms with E-state index in [4.69, 9.17) is 16.3 Å². The molecule has 85 valence electrons. The highest BCUT2D eigenvalue weighted by atomic mass is 35.5. The first-order chi connectivity index (χ1) is 7.78. The monoisotopic (exact) mass is 237 g/mol. The van der Waals surface area contributed by atoms with E-state index >= 15 is 0 Å². The van der Waals surface area contributed by atoms with Crippen LogP contribution in [0.4, 0.5) is 0 Å². The lowest BCUT2D eigenvalue weighted by atomic mass is 9.88. The number of halogens is 1. The molecular weight excluding hydrogens is 224 g/mol. The zero-order valence-electron chi connectivity index (χ0n) is 8.99. The molecule has 1 aliphatic rings. The van der Waals surface area contributed by atoms with Gasteiger partial charge in [-0.1, -0.05) is 11.6 Å². The summed E-state index contributed by atoms with van der Waals surface area (Å²) in [7, 11) is 0. The van der Waals surface area contributed by atoms with Gasteiger partial charge in [0.1, 0.15) is 5.75 Å². The first-order valence-corrected chi connectivity index (χ1v) is 5.95. The lowest BCUT2D eigenvalue weighted by Gasteiger charge is -2.25. The van der Waals surface area contributed by atoms with E-state index in [9.17, 15) is 4.79 Å². The van der Waals surface area contributed by atoms with Crippen molar-refractivity contribution in [3.63, 3.8) is 0 Å². The van der Waals surface area contributed by atoms with Gasteiger partial charge in [-0.05, 0) is 49.9 Å². The van der Waals surface area contributed by atoms with Crippen molar-refractivity contribution in [1.82, 2.24) is 0 Å². The number of rotatable bonds is 3. The Kier molecular flexibility index (Phi) is 3.83. The van der Waals surface area contributed by atoms with Crippen LogP contribution in [-0.2, 0) is 4.79 Å². The van der Waals surface area contributed by atoms with Crippen LogP contribution in [0, 0.1) is 5.92 Å². The highest BCUT2D eigenvalue weighted by Crippen LogP contribution is 2.27. The van der Waals surface area contributed by atoms with Crippen LogP contribution in [0.3, 0.4) is 0 Å². The van der Waals surface area contributed by atoms with Gasteiger partial charge in [-0.25, -0.2) is 0 Å². The van der Waals surface area contributed by atoms with E-state index in [0.29, 0.717) is 5.02 Å². The van der Waals surface area contributed by atoms with Crippen LogP contribution in [-0.4, -0.2) is 12.4 Å². The lowest BCUT2D eigenvalue weighted by Crippen LogP contribution is -2.24. The highest BCUT2D eigenvalue weighted by Gasteiger charge is 2.22. The van der Waals surface area contributed by atoms with E-state index in [1.165, 1.54) is 0 Å². The summed E-state index contributed by atoms with van der Waals surface area (Å²) in [6.07, 6.45) is 5.95. The van der Waals surface area contributed by atoms with Gasteiger partial charge in [0, 0.05) is 10.9 Å². The molecule has 0 aliphatic heterocycles. The predicted molar refractivity (Wildman–Crippen MR) is 63.5 cm³/mol. The average Bonchev–Trinajstić information content (AvgIpc) is 2.33. The third kappa shape index (κ3) is 2.99. The van der Waals surface area contributed by atoms with E-state index in [-0.39, 0.29) is 12.0 Å². The summed E-state index contributed by atoms with van der Waals surface area (Å²) in [6, 6.07) is 7.39. The largest absolute Gasteiger partial charge is 0.490 e. The van der Waals surface area contributed by atoms with Gasteiger partial charge in [-0.15, -0.1) is 0 Å². The van der Waals surface area contributed by atoms with Crippen molar-refractivity contribution >= 4 is 17.9 Å². The van der Waals surface area contributed by atoms with E-state index in [0.717, 1.165) is 31.4 Å².